The number of methoxy groups -OCH3 is 1. The molecule has 0 saturated carbocycles. The number of carbonyl (C=O) groups excluding carboxylic acids is 2. The Bertz CT molecular complexity index is 1520. The van der Waals surface area contributed by atoms with Crippen molar-refractivity contribution in [3.05, 3.63) is 112 Å². The van der Waals surface area contributed by atoms with Crippen LogP contribution in [0.5, 0.6) is 5.75 Å². The molecule has 1 unspecified atom stereocenters. The standard InChI is InChI=1S/C29H27FN4O4/c1-18(31-2)28(36)33-25-12-13-26(20-6-10-24(38-3)11-7-20)34(29(25)37)17-19-14-22(16-32-15-19)27(35)21-4-8-23(30)9-5-21/h4-16,18,31H,17H2,1-3H3,(H,33,36). The molecule has 8 nitrogen and oxygen atoms in total. The van der Waals surface area contributed by atoms with Crippen molar-refractivity contribution in [3.8, 4) is 17.0 Å². The number of hydrogen-bond donors (Lipinski definition) is 2. The second-order valence-corrected chi connectivity index (χ2v) is 8.67. The molecule has 1 atom stereocenters. The topological polar surface area (TPSA) is 102 Å². The van der Waals surface area contributed by atoms with E-state index >= 15 is 0 Å². The largest absolute Gasteiger partial charge is 0.497 e. The van der Waals surface area contributed by atoms with E-state index in [1.807, 2.05) is 12.1 Å². The first-order valence-electron chi connectivity index (χ1n) is 11.9. The van der Waals surface area contributed by atoms with Crippen LogP contribution in [-0.4, -0.2) is 41.4 Å². The predicted molar refractivity (Wildman–Crippen MR) is 143 cm³/mol. The van der Waals surface area contributed by atoms with Gasteiger partial charge in [0.1, 0.15) is 17.3 Å². The maximum Gasteiger partial charge on any atom is 0.275 e. The first kappa shape index (κ1) is 26.4. The van der Waals surface area contributed by atoms with Gasteiger partial charge >= 0.3 is 0 Å². The number of amides is 1. The zero-order valence-corrected chi connectivity index (χ0v) is 21.2. The number of aromatic nitrogens is 2. The molecule has 2 aromatic heterocycles. The Hall–Kier alpha value is -4.63. The minimum Gasteiger partial charge on any atom is -0.497 e. The second kappa shape index (κ2) is 11.6. The van der Waals surface area contributed by atoms with Crippen LogP contribution in [0.25, 0.3) is 11.3 Å². The van der Waals surface area contributed by atoms with Crippen LogP contribution in [0.3, 0.4) is 0 Å². The SMILES string of the molecule is CNC(C)C(=O)Nc1ccc(-c2ccc(OC)cc2)n(Cc2cncc(C(=O)c3ccc(F)cc3)c2)c1=O. The molecular weight excluding hydrogens is 487 g/mol. The summed E-state index contributed by atoms with van der Waals surface area (Å²) in [6.07, 6.45) is 3.00. The molecule has 38 heavy (non-hydrogen) atoms. The highest BCUT2D eigenvalue weighted by Gasteiger charge is 2.17. The van der Waals surface area contributed by atoms with Gasteiger partial charge in [-0.05, 0) is 91.8 Å². The maximum absolute atomic E-state index is 13.6. The van der Waals surface area contributed by atoms with Gasteiger partial charge in [0.15, 0.2) is 5.78 Å². The summed E-state index contributed by atoms with van der Waals surface area (Å²) in [5.74, 6) is -0.426. The molecular formula is C29H27FN4O4. The van der Waals surface area contributed by atoms with Gasteiger partial charge in [0.2, 0.25) is 5.91 Å². The number of nitrogens with one attached hydrogen (secondary N) is 2. The Kier molecular flexibility index (Phi) is 8.08. The van der Waals surface area contributed by atoms with Gasteiger partial charge in [-0.2, -0.15) is 0 Å². The third kappa shape index (κ3) is 5.84. The molecule has 0 bridgehead atoms. The van der Waals surface area contributed by atoms with E-state index in [-0.39, 0.29) is 23.9 Å². The quantitative estimate of drug-likeness (QED) is 0.329. The maximum atomic E-state index is 13.6. The number of likely N-dealkylation sites (N-methyl/N-ethyl adjacent to an activating group) is 1. The molecule has 9 heteroatoms. The van der Waals surface area contributed by atoms with E-state index < -0.39 is 17.4 Å². The van der Waals surface area contributed by atoms with Crippen LogP contribution in [-0.2, 0) is 11.3 Å². The van der Waals surface area contributed by atoms with Crippen LogP contribution in [0.2, 0.25) is 0 Å². The van der Waals surface area contributed by atoms with Crippen molar-refractivity contribution < 1.29 is 18.7 Å². The summed E-state index contributed by atoms with van der Waals surface area (Å²) < 4.78 is 20.1. The second-order valence-electron chi connectivity index (χ2n) is 8.67. The Labute approximate surface area is 219 Å². The molecule has 0 aliphatic heterocycles. The Morgan fingerprint density at radius 3 is 2.37 bits per heavy atom. The Morgan fingerprint density at radius 2 is 1.71 bits per heavy atom. The highest BCUT2D eigenvalue weighted by atomic mass is 19.1. The van der Waals surface area contributed by atoms with Crippen LogP contribution in [0, 0.1) is 5.82 Å². The molecule has 1 amide bonds. The lowest BCUT2D eigenvalue weighted by atomic mass is 10.0. The number of rotatable bonds is 9. The fourth-order valence-corrected chi connectivity index (χ4v) is 3.87. The molecule has 194 valence electrons. The molecule has 0 spiro atoms. The number of nitrogens with zero attached hydrogens (tertiary/aromatic N) is 2. The van der Waals surface area contributed by atoms with Gasteiger partial charge in [-0.1, -0.05) is 0 Å². The monoisotopic (exact) mass is 514 g/mol. The number of anilines is 1. The van der Waals surface area contributed by atoms with Gasteiger partial charge in [0.25, 0.3) is 5.56 Å². The van der Waals surface area contributed by atoms with Crippen molar-refractivity contribution in [2.24, 2.45) is 0 Å². The lowest BCUT2D eigenvalue weighted by Gasteiger charge is -2.17. The number of carbonyl (C=O) groups is 2. The molecule has 0 saturated heterocycles. The average molecular weight is 515 g/mol. The molecule has 2 aromatic carbocycles. The number of pyridine rings is 2. The van der Waals surface area contributed by atoms with Crippen LogP contribution in [0.15, 0.2) is 83.9 Å². The molecule has 2 heterocycles. The van der Waals surface area contributed by atoms with Crippen molar-refractivity contribution >= 4 is 17.4 Å². The van der Waals surface area contributed by atoms with Gasteiger partial charge < -0.3 is 19.9 Å². The lowest BCUT2D eigenvalue weighted by molar-refractivity contribution is -0.117. The normalized spacial score (nSPS) is 11.6. The summed E-state index contributed by atoms with van der Waals surface area (Å²) >= 11 is 0. The van der Waals surface area contributed by atoms with Crippen LogP contribution in [0.1, 0.15) is 28.4 Å². The van der Waals surface area contributed by atoms with Crippen molar-refractivity contribution in [3.63, 3.8) is 0 Å². The molecule has 0 aliphatic carbocycles. The van der Waals surface area contributed by atoms with E-state index in [1.54, 1.807) is 57.6 Å². The third-order valence-electron chi connectivity index (χ3n) is 6.15. The van der Waals surface area contributed by atoms with Crippen LogP contribution in [0.4, 0.5) is 10.1 Å². The summed E-state index contributed by atoms with van der Waals surface area (Å²) in [7, 11) is 3.23. The van der Waals surface area contributed by atoms with Gasteiger partial charge in [-0.15, -0.1) is 0 Å². The number of hydrogen-bond acceptors (Lipinski definition) is 6. The van der Waals surface area contributed by atoms with Crippen LogP contribution < -0.4 is 20.9 Å². The van der Waals surface area contributed by atoms with E-state index in [2.05, 4.69) is 15.6 Å². The van der Waals surface area contributed by atoms with E-state index in [0.29, 0.717) is 28.1 Å². The summed E-state index contributed by atoms with van der Waals surface area (Å²) in [4.78, 5) is 43.2. The highest BCUT2D eigenvalue weighted by Crippen LogP contribution is 2.24. The Balaban J connectivity index is 1.74. The predicted octanol–water partition coefficient (Wildman–Crippen LogP) is 3.88. The zero-order valence-electron chi connectivity index (χ0n) is 21.2. The van der Waals surface area contributed by atoms with Gasteiger partial charge in [-0.3, -0.25) is 19.4 Å². The van der Waals surface area contributed by atoms with Crippen molar-refractivity contribution in [2.75, 3.05) is 19.5 Å². The molecule has 4 aromatic rings. The summed E-state index contributed by atoms with van der Waals surface area (Å²) in [6, 6.07) is 17.0. The molecule has 0 aliphatic rings. The lowest BCUT2D eigenvalue weighted by Crippen LogP contribution is -2.37. The summed E-state index contributed by atoms with van der Waals surface area (Å²) in [5.41, 5.74) is 2.31. The average Bonchev–Trinajstić information content (AvgIpc) is 2.95. The molecule has 2 N–H and O–H groups in total. The molecule has 0 fully saturated rings. The van der Waals surface area contributed by atoms with Crippen molar-refractivity contribution in [1.29, 1.82) is 0 Å². The minimum atomic E-state index is -0.498. The first-order chi connectivity index (χ1) is 18.3. The summed E-state index contributed by atoms with van der Waals surface area (Å²) in [5, 5.41) is 5.53. The highest BCUT2D eigenvalue weighted by molar-refractivity contribution is 6.08. The minimum absolute atomic E-state index is 0.0863. The van der Waals surface area contributed by atoms with E-state index in [4.69, 9.17) is 4.74 Å². The van der Waals surface area contributed by atoms with Gasteiger partial charge in [0, 0.05) is 23.5 Å². The number of benzene rings is 2. The Morgan fingerprint density at radius 1 is 1.00 bits per heavy atom. The zero-order chi connectivity index (χ0) is 27.2. The van der Waals surface area contributed by atoms with E-state index in [9.17, 15) is 18.8 Å². The van der Waals surface area contributed by atoms with Crippen molar-refractivity contribution in [2.45, 2.75) is 19.5 Å². The van der Waals surface area contributed by atoms with Gasteiger partial charge in [0.05, 0.1) is 25.4 Å². The van der Waals surface area contributed by atoms with Gasteiger partial charge in [-0.25, -0.2) is 4.39 Å². The molecule has 0 radical (unpaired) electrons. The van der Waals surface area contributed by atoms with E-state index in [0.717, 1.165) is 5.56 Å². The summed E-state index contributed by atoms with van der Waals surface area (Å²) in [6.45, 7) is 1.78. The number of halogens is 1. The van der Waals surface area contributed by atoms with E-state index in [1.165, 1.54) is 35.0 Å². The number of ketones is 1. The third-order valence-corrected chi connectivity index (χ3v) is 6.15. The fourth-order valence-electron chi connectivity index (χ4n) is 3.87. The smallest absolute Gasteiger partial charge is 0.275 e. The van der Waals surface area contributed by atoms with Crippen molar-refractivity contribution in [1.82, 2.24) is 14.9 Å². The first-order valence-corrected chi connectivity index (χ1v) is 11.9. The fraction of sp³-hybridized carbons (Fsp3) is 0.172. The number of ether oxygens (including phenoxy) is 1. The molecule has 4 rings (SSSR count). The van der Waals surface area contributed by atoms with Crippen LogP contribution >= 0.6 is 0 Å².